The fraction of sp³-hybridized carbons (Fsp3) is 0.667. The average molecular weight is 125 g/mol. The minimum absolute atomic E-state index is 1.16. The molecule has 0 bridgehead atoms. The van der Waals surface area contributed by atoms with Gasteiger partial charge >= 0.3 is 0 Å². The van der Waals surface area contributed by atoms with Crippen LogP contribution in [0.5, 0.6) is 0 Å². The lowest BCUT2D eigenvalue weighted by atomic mass is 10.2. The zero-order chi connectivity index (χ0) is 6.95. The predicted molar refractivity (Wildman–Crippen MR) is 43.3 cm³/mol. The van der Waals surface area contributed by atoms with Gasteiger partial charge in [0.2, 0.25) is 0 Å². The van der Waals surface area contributed by atoms with Gasteiger partial charge in [-0.05, 0) is 19.3 Å². The maximum Gasteiger partial charge on any atom is -0.0173 e. The summed E-state index contributed by atoms with van der Waals surface area (Å²) in [7, 11) is 0. The summed E-state index contributed by atoms with van der Waals surface area (Å²) in [6.45, 7) is 4.38. The Bertz CT molecular complexity index is 62.4. The number of hydrogen-bond donors (Lipinski definition) is 0. The van der Waals surface area contributed by atoms with Gasteiger partial charge in [0.05, 0.1) is 0 Å². The van der Waals surface area contributed by atoms with E-state index >= 15 is 0 Å². The first-order valence-corrected chi connectivity index (χ1v) is 3.90. The second kappa shape index (κ2) is 7.74. The van der Waals surface area contributed by atoms with E-state index in [2.05, 4.69) is 32.4 Å². The zero-order valence-electron chi connectivity index (χ0n) is 6.56. The normalized spacial score (nSPS) is 10.9. The summed E-state index contributed by atoms with van der Waals surface area (Å²) in [4.78, 5) is 0. The van der Waals surface area contributed by atoms with Crippen LogP contribution in [0.4, 0.5) is 0 Å². The van der Waals surface area contributed by atoms with Crippen LogP contribution >= 0.6 is 0 Å². The first-order chi connectivity index (χ1) is 4.41. The molecule has 0 fully saturated rings. The number of rotatable bonds is 5. The van der Waals surface area contributed by atoms with E-state index in [4.69, 9.17) is 0 Å². The lowest BCUT2D eigenvalue weighted by Crippen LogP contribution is -1.67. The standard InChI is InChI=1S/C9H17/c1-3-5-7-9-8-6-4-2/h5,7,9H,3-4,6,8H2,1-2H3. The number of hydrogen-bond acceptors (Lipinski definition) is 0. The summed E-state index contributed by atoms with van der Waals surface area (Å²) in [6, 6.07) is 0. The Balaban J connectivity index is 2.86. The second-order valence-corrected chi connectivity index (χ2v) is 2.21. The third-order valence-electron chi connectivity index (χ3n) is 1.23. The van der Waals surface area contributed by atoms with Crippen LogP contribution in [-0.2, 0) is 0 Å². The Morgan fingerprint density at radius 3 is 2.56 bits per heavy atom. The summed E-state index contributed by atoms with van der Waals surface area (Å²) in [5.41, 5.74) is 0. The highest BCUT2D eigenvalue weighted by molar-refractivity contribution is 4.93. The fourth-order valence-corrected chi connectivity index (χ4v) is 0.651. The molecule has 0 N–H and O–H groups in total. The van der Waals surface area contributed by atoms with Gasteiger partial charge in [-0.15, -0.1) is 0 Å². The maximum atomic E-state index is 2.24. The monoisotopic (exact) mass is 125 g/mol. The Morgan fingerprint density at radius 2 is 2.00 bits per heavy atom. The maximum absolute atomic E-state index is 2.24. The first kappa shape index (κ1) is 8.74. The van der Waals surface area contributed by atoms with Crippen molar-refractivity contribution in [1.29, 1.82) is 0 Å². The van der Waals surface area contributed by atoms with Crippen LogP contribution in [-0.4, -0.2) is 0 Å². The van der Waals surface area contributed by atoms with Crippen molar-refractivity contribution in [1.82, 2.24) is 0 Å². The lowest BCUT2D eigenvalue weighted by Gasteiger charge is -1.86. The van der Waals surface area contributed by atoms with Crippen LogP contribution in [0.1, 0.15) is 39.5 Å². The molecule has 0 spiro atoms. The Kier molecular flexibility index (Phi) is 7.52. The molecule has 0 saturated carbocycles. The van der Waals surface area contributed by atoms with E-state index in [0.717, 1.165) is 6.42 Å². The molecule has 0 unspecified atom stereocenters. The zero-order valence-corrected chi connectivity index (χ0v) is 6.56. The molecule has 9 heavy (non-hydrogen) atoms. The van der Waals surface area contributed by atoms with Gasteiger partial charge in [0, 0.05) is 0 Å². The number of allylic oxidation sites excluding steroid dienone is 2. The quantitative estimate of drug-likeness (QED) is 0.494. The van der Waals surface area contributed by atoms with Gasteiger partial charge in [-0.2, -0.15) is 0 Å². The molecule has 53 valence electrons. The molecule has 0 heterocycles. The van der Waals surface area contributed by atoms with Crippen LogP contribution in [0.15, 0.2) is 12.2 Å². The summed E-state index contributed by atoms with van der Waals surface area (Å²) in [5.74, 6) is 0. The van der Waals surface area contributed by atoms with Crippen LogP contribution < -0.4 is 0 Å². The molecule has 0 heteroatoms. The van der Waals surface area contributed by atoms with Gasteiger partial charge in [0.1, 0.15) is 0 Å². The molecule has 0 rings (SSSR count). The highest BCUT2D eigenvalue weighted by atomic mass is 13.8. The van der Waals surface area contributed by atoms with Crippen molar-refractivity contribution in [2.24, 2.45) is 0 Å². The predicted octanol–water partition coefficient (Wildman–Crippen LogP) is 3.35. The summed E-state index contributed by atoms with van der Waals surface area (Å²) in [6.07, 6.45) is 11.6. The van der Waals surface area contributed by atoms with Gasteiger partial charge in [0.15, 0.2) is 0 Å². The largest absolute Gasteiger partial charge is 0.0882 e. The van der Waals surface area contributed by atoms with Gasteiger partial charge in [0.25, 0.3) is 0 Å². The van der Waals surface area contributed by atoms with Crippen LogP contribution in [0, 0.1) is 6.42 Å². The average Bonchev–Trinajstić information content (AvgIpc) is 1.89. The highest BCUT2D eigenvalue weighted by Crippen LogP contribution is 1.96. The summed E-state index contributed by atoms with van der Waals surface area (Å²) in [5, 5.41) is 0. The highest BCUT2D eigenvalue weighted by Gasteiger charge is 1.76. The van der Waals surface area contributed by atoms with E-state index in [-0.39, 0.29) is 0 Å². The van der Waals surface area contributed by atoms with E-state index in [1.54, 1.807) is 0 Å². The SMILES string of the molecule is CC[CH]C=CCCCC. The second-order valence-electron chi connectivity index (χ2n) is 2.21. The molecule has 0 aliphatic rings. The van der Waals surface area contributed by atoms with Crippen molar-refractivity contribution < 1.29 is 0 Å². The lowest BCUT2D eigenvalue weighted by molar-refractivity contribution is 0.814. The van der Waals surface area contributed by atoms with E-state index in [1.165, 1.54) is 19.3 Å². The van der Waals surface area contributed by atoms with E-state index < -0.39 is 0 Å². The third-order valence-corrected chi connectivity index (χ3v) is 1.23. The molecule has 0 saturated heterocycles. The van der Waals surface area contributed by atoms with Crippen LogP contribution in [0.3, 0.4) is 0 Å². The van der Waals surface area contributed by atoms with Crippen molar-refractivity contribution >= 4 is 0 Å². The molecular weight excluding hydrogens is 108 g/mol. The van der Waals surface area contributed by atoms with Gasteiger partial charge in [-0.25, -0.2) is 0 Å². The molecule has 0 nitrogen and oxygen atoms in total. The third kappa shape index (κ3) is 7.74. The summed E-state index contributed by atoms with van der Waals surface area (Å²) < 4.78 is 0. The van der Waals surface area contributed by atoms with Crippen molar-refractivity contribution in [3.8, 4) is 0 Å². The Hall–Kier alpha value is -0.260. The molecular formula is C9H17. The van der Waals surface area contributed by atoms with E-state index in [9.17, 15) is 0 Å². The molecule has 0 amide bonds. The van der Waals surface area contributed by atoms with Gasteiger partial charge < -0.3 is 0 Å². The molecule has 0 aliphatic heterocycles. The topological polar surface area (TPSA) is 0 Å². The van der Waals surface area contributed by atoms with Crippen molar-refractivity contribution in [2.45, 2.75) is 39.5 Å². The van der Waals surface area contributed by atoms with Crippen molar-refractivity contribution in [3.05, 3.63) is 18.6 Å². The van der Waals surface area contributed by atoms with E-state index in [0.29, 0.717) is 0 Å². The molecule has 1 radical (unpaired) electrons. The van der Waals surface area contributed by atoms with Crippen molar-refractivity contribution in [2.75, 3.05) is 0 Å². The van der Waals surface area contributed by atoms with Gasteiger partial charge in [-0.3, -0.25) is 0 Å². The van der Waals surface area contributed by atoms with Crippen LogP contribution in [0.2, 0.25) is 0 Å². The first-order valence-electron chi connectivity index (χ1n) is 3.90. The number of unbranched alkanes of at least 4 members (excludes halogenated alkanes) is 3. The van der Waals surface area contributed by atoms with Gasteiger partial charge in [-0.1, -0.05) is 38.8 Å². The summed E-state index contributed by atoms with van der Waals surface area (Å²) >= 11 is 0. The molecule has 0 aromatic heterocycles. The molecule has 0 aliphatic carbocycles. The van der Waals surface area contributed by atoms with Crippen LogP contribution in [0.25, 0.3) is 0 Å². The Labute approximate surface area is 59.0 Å². The minimum Gasteiger partial charge on any atom is -0.0882 e. The fourth-order valence-electron chi connectivity index (χ4n) is 0.651. The van der Waals surface area contributed by atoms with E-state index in [1.807, 2.05) is 0 Å². The Morgan fingerprint density at radius 1 is 1.22 bits per heavy atom. The molecule has 0 aromatic rings. The smallest absolute Gasteiger partial charge is 0.0173 e. The van der Waals surface area contributed by atoms with Crippen molar-refractivity contribution in [3.63, 3.8) is 0 Å². The molecule has 0 aromatic carbocycles. The minimum atomic E-state index is 1.16. The molecule has 0 atom stereocenters.